The zero-order valence-corrected chi connectivity index (χ0v) is 19.3. The van der Waals surface area contributed by atoms with Crippen LogP contribution in [0.15, 0.2) is 60.7 Å². The maximum Gasteiger partial charge on any atom is 0.234 e. The molecule has 0 heterocycles. The summed E-state index contributed by atoms with van der Waals surface area (Å²) in [6, 6.07) is 17.1. The number of hydrogen-bond donors (Lipinski definition) is 0. The highest BCUT2D eigenvalue weighted by molar-refractivity contribution is 5.98. The number of anilines is 1. The second-order valence-electron chi connectivity index (χ2n) is 8.96. The first kappa shape index (κ1) is 23.0. The average Bonchev–Trinajstić information content (AvgIpc) is 2.81. The number of fused-ring (bicyclic) bond motifs is 1. The molecule has 1 atom stereocenters. The van der Waals surface area contributed by atoms with Gasteiger partial charge in [-0.15, -0.1) is 0 Å². The van der Waals surface area contributed by atoms with Crippen LogP contribution < -0.4 is 9.64 Å². The lowest BCUT2D eigenvalue weighted by Crippen LogP contribution is -2.36. The number of nitrogens with zero attached hydrogens (tertiary/aromatic N) is 1. The Balaban J connectivity index is 1.73. The number of aryl methyl sites for hydroxylation is 1. The normalized spacial score (nSPS) is 15.3. The third-order valence-electron chi connectivity index (χ3n) is 6.37. The number of hydrogen-bond acceptors (Lipinski definition) is 2. The Kier molecular flexibility index (Phi) is 6.77. The van der Waals surface area contributed by atoms with E-state index in [1.165, 1.54) is 12.1 Å². The Labute approximate surface area is 194 Å². The molecular weight excluding hydrogens is 420 g/mol. The zero-order valence-electron chi connectivity index (χ0n) is 19.3. The third-order valence-corrected chi connectivity index (χ3v) is 6.37. The smallest absolute Gasteiger partial charge is 0.234 e. The monoisotopic (exact) mass is 449 g/mol. The van der Waals surface area contributed by atoms with Crippen LogP contribution in [0.2, 0.25) is 0 Å². The summed E-state index contributed by atoms with van der Waals surface area (Å²) in [5.74, 6) is -0.648. The van der Waals surface area contributed by atoms with Crippen LogP contribution in [-0.4, -0.2) is 13.0 Å². The van der Waals surface area contributed by atoms with Crippen LogP contribution in [0.1, 0.15) is 60.8 Å². The molecule has 3 nitrogen and oxygen atoms in total. The molecule has 33 heavy (non-hydrogen) atoms. The van der Waals surface area contributed by atoms with Gasteiger partial charge < -0.3 is 9.64 Å². The van der Waals surface area contributed by atoms with Crippen molar-refractivity contribution in [1.29, 1.82) is 0 Å². The van der Waals surface area contributed by atoms with Crippen molar-refractivity contribution in [3.05, 3.63) is 94.6 Å². The Bertz CT molecular complexity index is 1120. The van der Waals surface area contributed by atoms with E-state index in [1.807, 2.05) is 42.5 Å². The van der Waals surface area contributed by atoms with Gasteiger partial charge in [0.05, 0.1) is 19.6 Å². The van der Waals surface area contributed by atoms with Crippen molar-refractivity contribution in [2.24, 2.45) is 0 Å². The van der Waals surface area contributed by atoms with Crippen molar-refractivity contribution in [1.82, 2.24) is 0 Å². The van der Waals surface area contributed by atoms with Gasteiger partial charge in [0, 0.05) is 11.8 Å². The summed E-state index contributed by atoms with van der Waals surface area (Å²) in [6.07, 6.45) is 2.54. The van der Waals surface area contributed by atoms with Gasteiger partial charge in [0.1, 0.15) is 17.4 Å². The first-order chi connectivity index (χ1) is 15.9. The third kappa shape index (κ3) is 5.08. The second kappa shape index (κ2) is 9.74. The number of benzene rings is 3. The van der Waals surface area contributed by atoms with Crippen LogP contribution in [-0.2, 0) is 17.8 Å². The predicted octanol–water partition coefficient (Wildman–Crippen LogP) is 6.75. The molecule has 172 valence electrons. The minimum Gasteiger partial charge on any atom is -0.497 e. The first-order valence-electron chi connectivity index (χ1n) is 11.4. The Hall–Kier alpha value is -3.21. The molecule has 4 rings (SSSR count). The largest absolute Gasteiger partial charge is 0.497 e. The number of amides is 1. The molecule has 0 saturated carbocycles. The number of ether oxygens (including phenoxy) is 1. The quantitative estimate of drug-likeness (QED) is 0.417. The number of carbonyl (C=O) groups excluding carboxylic acids is 1. The van der Waals surface area contributed by atoms with Crippen molar-refractivity contribution >= 4 is 11.6 Å². The van der Waals surface area contributed by atoms with E-state index in [-0.39, 0.29) is 18.4 Å². The molecule has 3 aromatic rings. The number of carbonyl (C=O) groups is 1. The van der Waals surface area contributed by atoms with Gasteiger partial charge in [-0.2, -0.15) is 0 Å². The molecule has 0 aromatic heterocycles. The highest BCUT2D eigenvalue weighted by Gasteiger charge is 2.31. The summed E-state index contributed by atoms with van der Waals surface area (Å²) < 4.78 is 33.2. The first-order valence-corrected chi connectivity index (χ1v) is 11.4. The van der Waals surface area contributed by atoms with Gasteiger partial charge >= 0.3 is 0 Å². The number of methoxy groups -OCH3 is 1. The van der Waals surface area contributed by atoms with E-state index in [4.69, 9.17) is 4.74 Å². The van der Waals surface area contributed by atoms with Gasteiger partial charge in [0.25, 0.3) is 0 Å². The van der Waals surface area contributed by atoms with Gasteiger partial charge in [-0.25, -0.2) is 8.78 Å². The molecule has 0 saturated heterocycles. The van der Waals surface area contributed by atoms with E-state index in [1.54, 1.807) is 12.0 Å². The SMILES string of the molecule is COc1ccc2c(c1)C(C(=O)N(Cc1cc(F)cc(F)c1)c1ccc(C(C)C)cc1)CCC2. The Morgan fingerprint density at radius 3 is 2.36 bits per heavy atom. The summed E-state index contributed by atoms with van der Waals surface area (Å²) in [7, 11) is 1.61. The van der Waals surface area contributed by atoms with Crippen LogP contribution in [0.25, 0.3) is 0 Å². The van der Waals surface area contributed by atoms with E-state index >= 15 is 0 Å². The van der Waals surface area contributed by atoms with E-state index in [0.29, 0.717) is 22.9 Å². The molecule has 0 aliphatic heterocycles. The van der Waals surface area contributed by atoms with Crippen LogP contribution in [0, 0.1) is 11.6 Å². The molecule has 1 amide bonds. The molecule has 0 spiro atoms. The van der Waals surface area contributed by atoms with Crippen molar-refractivity contribution < 1.29 is 18.3 Å². The Morgan fingerprint density at radius 2 is 1.73 bits per heavy atom. The minimum atomic E-state index is -0.652. The van der Waals surface area contributed by atoms with Gasteiger partial charge in [0.15, 0.2) is 0 Å². The second-order valence-corrected chi connectivity index (χ2v) is 8.96. The number of halogens is 2. The van der Waals surface area contributed by atoms with Crippen molar-refractivity contribution in [3.63, 3.8) is 0 Å². The molecule has 1 aliphatic carbocycles. The molecule has 3 aromatic carbocycles. The predicted molar refractivity (Wildman–Crippen MR) is 127 cm³/mol. The van der Waals surface area contributed by atoms with Crippen LogP contribution in [0.4, 0.5) is 14.5 Å². The van der Waals surface area contributed by atoms with Crippen LogP contribution in [0.5, 0.6) is 5.75 Å². The molecular formula is C28H29F2NO2. The van der Waals surface area contributed by atoms with Crippen LogP contribution in [0.3, 0.4) is 0 Å². The lowest BCUT2D eigenvalue weighted by atomic mass is 9.81. The molecule has 1 unspecified atom stereocenters. The van der Waals surface area contributed by atoms with E-state index < -0.39 is 11.6 Å². The topological polar surface area (TPSA) is 29.5 Å². The van der Waals surface area contributed by atoms with Crippen molar-refractivity contribution in [3.8, 4) is 5.75 Å². The summed E-state index contributed by atoms with van der Waals surface area (Å²) in [4.78, 5) is 15.6. The fourth-order valence-electron chi connectivity index (χ4n) is 4.57. The molecule has 0 N–H and O–H groups in total. The highest BCUT2D eigenvalue weighted by Crippen LogP contribution is 2.37. The summed E-state index contributed by atoms with van der Waals surface area (Å²) in [6.45, 7) is 4.31. The lowest BCUT2D eigenvalue weighted by Gasteiger charge is -2.31. The fourth-order valence-corrected chi connectivity index (χ4v) is 4.57. The average molecular weight is 450 g/mol. The van der Waals surface area contributed by atoms with Crippen molar-refractivity contribution in [2.75, 3.05) is 12.0 Å². The zero-order chi connectivity index (χ0) is 23.5. The Morgan fingerprint density at radius 1 is 1.03 bits per heavy atom. The maximum absolute atomic E-state index is 14.0. The van der Waals surface area contributed by atoms with Gasteiger partial charge in [-0.3, -0.25) is 4.79 Å². The van der Waals surface area contributed by atoms with Crippen LogP contribution >= 0.6 is 0 Å². The molecule has 0 bridgehead atoms. The summed E-state index contributed by atoms with van der Waals surface area (Å²) in [5.41, 5.74) is 4.40. The van der Waals surface area contributed by atoms with Gasteiger partial charge in [-0.05, 0) is 83.8 Å². The van der Waals surface area contributed by atoms with E-state index in [9.17, 15) is 13.6 Å². The molecule has 0 fully saturated rings. The maximum atomic E-state index is 14.0. The highest BCUT2D eigenvalue weighted by atomic mass is 19.1. The van der Waals surface area contributed by atoms with Gasteiger partial charge in [-0.1, -0.05) is 32.0 Å². The molecule has 5 heteroatoms. The van der Waals surface area contributed by atoms with Gasteiger partial charge in [0.2, 0.25) is 5.91 Å². The summed E-state index contributed by atoms with van der Waals surface area (Å²) >= 11 is 0. The lowest BCUT2D eigenvalue weighted by molar-refractivity contribution is -0.120. The van der Waals surface area contributed by atoms with Crippen molar-refractivity contribution in [2.45, 2.75) is 51.5 Å². The number of rotatable bonds is 6. The fraction of sp³-hybridized carbons (Fsp3) is 0.321. The van der Waals surface area contributed by atoms with E-state index in [2.05, 4.69) is 13.8 Å². The molecule has 0 radical (unpaired) electrons. The minimum absolute atomic E-state index is 0.0776. The molecule has 1 aliphatic rings. The van der Waals surface area contributed by atoms with E-state index in [0.717, 1.165) is 42.0 Å². The standard InChI is InChI=1S/C28H29F2NO2/c1-18(2)20-7-10-24(11-8-20)31(17-19-13-22(29)15-23(30)14-19)28(32)26-6-4-5-21-9-12-25(33-3)16-27(21)26/h7-16,18,26H,4-6,17H2,1-3H3. The summed E-state index contributed by atoms with van der Waals surface area (Å²) in [5, 5.41) is 0.